The van der Waals surface area contributed by atoms with Gasteiger partial charge in [0.15, 0.2) is 11.5 Å². The number of benzene rings is 1. The van der Waals surface area contributed by atoms with Crippen LogP contribution >= 0.6 is 0 Å². The summed E-state index contributed by atoms with van der Waals surface area (Å²) in [4.78, 5) is 3.80. The van der Waals surface area contributed by atoms with Crippen LogP contribution in [0.2, 0.25) is 0 Å². The average molecular weight is 333 g/mol. The van der Waals surface area contributed by atoms with Gasteiger partial charge < -0.3 is 14.2 Å². The molecule has 24 heavy (non-hydrogen) atoms. The second-order valence-electron chi connectivity index (χ2n) is 5.65. The number of tetrazole rings is 1. The van der Waals surface area contributed by atoms with Crippen molar-refractivity contribution >= 4 is 0 Å². The Balaban J connectivity index is 1.43. The summed E-state index contributed by atoms with van der Waals surface area (Å²) < 4.78 is 16.8. The number of hydrogen-bond donors (Lipinski definition) is 0. The first-order chi connectivity index (χ1) is 11.8. The molecular weight excluding hydrogens is 310 g/mol. The predicted octanol–water partition coefficient (Wildman–Crippen LogP) is 1.06. The van der Waals surface area contributed by atoms with Crippen molar-refractivity contribution in [2.75, 3.05) is 40.0 Å². The lowest BCUT2D eigenvalue weighted by Crippen LogP contribution is -2.39. The van der Waals surface area contributed by atoms with E-state index in [0.717, 1.165) is 37.6 Å². The van der Waals surface area contributed by atoms with Crippen LogP contribution < -0.4 is 9.47 Å². The Morgan fingerprint density at radius 2 is 2.12 bits per heavy atom. The smallest absolute Gasteiger partial charge is 0.204 e. The van der Waals surface area contributed by atoms with Crippen molar-refractivity contribution in [1.29, 1.82) is 0 Å². The van der Waals surface area contributed by atoms with Crippen LogP contribution in [-0.2, 0) is 11.8 Å². The largest absolute Gasteiger partial charge is 0.493 e. The zero-order valence-electron chi connectivity index (χ0n) is 14.1. The summed E-state index contributed by atoms with van der Waals surface area (Å²) in [6, 6.07) is 7.69. The Hall–Kier alpha value is -2.19. The summed E-state index contributed by atoms with van der Waals surface area (Å²) in [5.74, 6) is 2.19. The molecule has 8 heteroatoms. The Labute approximate surface area is 141 Å². The fourth-order valence-corrected chi connectivity index (χ4v) is 2.70. The fourth-order valence-electron chi connectivity index (χ4n) is 2.70. The van der Waals surface area contributed by atoms with Crippen LogP contribution in [-0.4, -0.2) is 65.1 Å². The molecule has 0 aliphatic carbocycles. The van der Waals surface area contributed by atoms with Crippen molar-refractivity contribution in [1.82, 2.24) is 25.1 Å². The van der Waals surface area contributed by atoms with Crippen molar-refractivity contribution in [2.45, 2.75) is 12.5 Å². The third kappa shape index (κ3) is 4.21. The molecule has 1 aliphatic heterocycles. The maximum Gasteiger partial charge on any atom is 0.204 e. The van der Waals surface area contributed by atoms with Crippen LogP contribution in [0.5, 0.6) is 11.5 Å². The van der Waals surface area contributed by atoms with E-state index in [2.05, 4.69) is 20.3 Å². The number of hydrogen-bond acceptors (Lipinski definition) is 7. The van der Waals surface area contributed by atoms with E-state index < -0.39 is 0 Å². The molecule has 0 spiro atoms. The Morgan fingerprint density at radius 3 is 2.88 bits per heavy atom. The minimum absolute atomic E-state index is 0.109. The first-order valence-electron chi connectivity index (χ1n) is 8.10. The lowest BCUT2D eigenvalue weighted by Gasteiger charge is -2.31. The molecule has 0 radical (unpaired) electrons. The molecule has 0 bridgehead atoms. The van der Waals surface area contributed by atoms with Crippen molar-refractivity contribution < 1.29 is 14.2 Å². The van der Waals surface area contributed by atoms with Crippen molar-refractivity contribution in [3.63, 3.8) is 0 Å². The van der Waals surface area contributed by atoms with E-state index >= 15 is 0 Å². The van der Waals surface area contributed by atoms with E-state index in [4.69, 9.17) is 14.2 Å². The van der Waals surface area contributed by atoms with E-state index in [0.29, 0.717) is 19.0 Å². The highest BCUT2D eigenvalue weighted by molar-refractivity contribution is 5.39. The third-order valence-corrected chi connectivity index (χ3v) is 3.91. The van der Waals surface area contributed by atoms with Crippen molar-refractivity contribution in [3.05, 3.63) is 30.1 Å². The van der Waals surface area contributed by atoms with Gasteiger partial charge in [-0.3, -0.25) is 4.90 Å². The Kier molecular flexibility index (Phi) is 5.60. The highest BCUT2D eigenvalue weighted by Crippen LogP contribution is 2.26. The first kappa shape index (κ1) is 16.7. The highest BCUT2D eigenvalue weighted by Gasteiger charge is 2.25. The second-order valence-corrected chi connectivity index (χ2v) is 5.65. The van der Waals surface area contributed by atoms with Crippen LogP contribution in [0.15, 0.2) is 24.3 Å². The van der Waals surface area contributed by atoms with Gasteiger partial charge in [0.25, 0.3) is 0 Å². The van der Waals surface area contributed by atoms with Gasteiger partial charge in [-0.2, -0.15) is 4.80 Å². The number of para-hydroxylation sites is 2. The minimum atomic E-state index is -0.109. The second kappa shape index (κ2) is 8.07. The Bertz CT molecular complexity index is 648. The molecule has 1 saturated heterocycles. The van der Waals surface area contributed by atoms with E-state index in [9.17, 15) is 0 Å². The fraction of sp³-hybridized carbons (Fsp3) is 0.562. The summed E-state index contributed by atoms with van der Waals surface area (Å²) in [5, 5.41) is 12.1. The number of aryl methyl sites for hydroxylation is 1. The first-order valence-corrected chi connectivity index (χ1v) is 8.10. The molecule has 1 unspecified atom stereocenters. The van der Waals surface area contributed by atoms with Crippen LogP contribution in [0.25, 0.3) is 0 Å². The van der Waals surface area contributed by atoms with Crippen LogP contribution in [0.3, 0.4) is 0 Å². The molecule has 2 aromatic rings. The molecule has 1 aromatic carbocycles. The normalized spacial score (nSPS) is 18.5. The number of morpholine rings is 1. The van der Waals surface area contributed by atoms with Crippen LogP contribution in [0.1, 0.15) is 18.3 Å². The van der Waals surface area contributed by atoms with Crippen LogP contribution in [0.4, 0.5) is 0 Å². The van der Waals surface area contributed by atoms with E-state index in [1.54, 1.807) is 14.2 Å². The van der Waals surface area contributed by atoms with Crippen LogP contribution in [0, 0.1) is 0 Å². The van der Waals surface area contributed by atoms with Gasteiger partial charge in [-0.15, -0.1) is 10.2 Å². The molecule has 8 nitrogen and oxygen atoms in total. The summed E-state index contributed by atoms with van der Waals surface area (Å²) in [7, 11) is 3.41. The van der Waals surface area contributed by atoms with Gasteiger partial charge in [0.05, 0.1) is 27.4 Å². The lowest BCUT2D eigenvalue weighted by atomic mass is 10.2. The molecule has 1 atom stereocenters. The Morgan fingerprint density at radius 1 is 1.29 bits per heavy atom. The monoisotopic (exact) mass is 333 g/mol. The highest BCUT2D eigenvalue weighted by atomic mass is 16.5. The van der Waals surface area contributed by atoms with Crippen molar-refractivity contribution in [2.24, 2.45) is 7.05 Å². The number of ether oxygens (including phenoxy) is 3. The summed E-state index contributed by atoms with van der Waals surface area (Å²) in [6.45, 7) is 3.95. The summed E-state index contributed by atoms with van der Waals surface area (Å²) in [6.07, 6.45) is 0.821. The zero-order chi connectivity index (χ0) is 16.8. The number of aromatic nitrogens is 4. The molecule has 0 N–H and O–H groups in total. The number of methoxy groups -OCH3 is 1. The minimum Gasteiger partial charge on any atom is -0.493 e. The van der Waals surface area contributed by atoms with Gasteiger partial charge in [-0.05, 0) is 23.8 Å². The average Bonchev–Trinajstić information content (AvgIpc) is 3.06. The van der Waals surface area contributed by atoms with Gasteiger partial charge in [0, 0.05) is 19.6 Å². The summed E-state index contributed by atoms with van der Waals surface area (Å²) >= 11 is 0. The van der Waals surface area contributed by atoms with Gasteiger partial charge in [0.2, 0.25) is 5.82 Å². The molecular formula is C16H23N5O3. The number of rotatable bonds is 7. The van der Waals surface area contributed by atoms with Crippen molar-refractivity contribution in [3.8, 4) is 11.5 Å². The summed E-state index contributed by atoms with van der Waals surface area (Å²) in [5.41, 5.74) is 0. The molecule has 3 rings (SSSR count). The standard InChI is InChI=1S/C16H23N5O3/c1-20-18-16(17-19-20)15-12-21(9-11-24-15)8-5-10-23-14-7-4-3-6-13(14)22-2/h3-4,6-7,15H,5,8-12H2,1-2H3. The quantitative estimate of drug-likeness (QED) is 0.701. The van der Waals surface area contributed by atoms with Gasteiger partial charge in [-0.1, -0.05) is 12.1 Å². The molecule has 130 valence electrons. The molecule has 0 saturated carbocycles. The van der Waals surface area contributed by atoms with E-state index in [-0.39, 0.29) is 6.10 Å². The lowest BCUT2D eigenvalue weighted by molar-refractivity contribution is -0.0354. The maximum absolute atomic E-state index is 5.81. The molecule has 1 aliphatic rings. The van der Waals surface area contributed by atoms with Gasteiger partial charge >= 0.3 is 0 Å². The number of nitrogens with zero attached hydrogens (tertiary/aromatic N) is 5. The zero-order valence-corrected chi connectivity index (χ0v) is 14.1. The maximum atomic E-state index is 5.81. The van der Waals surface area contributed by atoms with Gasteiger partial charge in [-0.25, -0.2) is 0 Å². The molecule has 0 amide bonds. The molecule has 2 heterocycles. The SMILES string of the molecule is COc1ccccc1OCCCN1CCOC(c2nnn(C)n2)C1. The van der Waals surface area contributed by atoms with E-state index in [1.807, 2.05) is 24.3 Å². The topological polar surface area (TPSA) is 74.5 Å². The third-order valence-electron chi connectivity index (χ3n) is 3.91. The molecule has 1 fully saturated rings. The van der Waals surface area contributed by atoms with Gasteiger partial charge in [0.1, 0.15) is 6.10 Å². The molecule has 1 aromatic heterocycles. The van der Waals surface area contributed by atoms with E-state index in [1.165, 1.54) is 4.80 Å². The predicted molar refractivity (Wildman–Crippen MR) is 87.0 cm³/mol.